The van der Waals surface area contributed by atoms with Crippen molar-refractivity contribution >= 4 is 29.2 Å². The number of halogens is 1. The molecule has 152 valence electrons. The second kappa shape index (κ2) is 9.40. The van der Waals surface area contributed by atoms with Crippen molar-refractivity contribution in [3.05, 3.63) is 69.5 Å². The molecule has 0 aromatic heterocycles. The number of aryl methyl sites for hydroxylation is 1. The quantitative estimate of drug-likeness (QED) is 0.430. The van der Waals surface area contributed by atoms with Crippen molar-refractivity contribution in [1.82, 2.24) is 4.90 Å². The molecule has 2 aromatic rings. The normalized spacial score (nSPS) is 10.2. The van der Waals surface area contributed by atoms with Gasteiger partial charge in [-0.1, -0.05) is 17.7 Å². The number of benzene rings is 2. The summed E-state index contributed by atoms with van der Waals surface area (Å²) in [6, 6.07) is 9.60. The average Bonchev–Trinajstić information content (AvgIpc) is 2.67. The topological polar surface area (TPSA) is 119 Å². The molecule has 29 heavy (non-hydrogen) atoms. The summed E-state index contributed by atoms with van der Waals surface area (Å²) in [6.45, 7) is 0.965. The molecular formula is C19H18FN3O6. The lowest BCUT2D eigenvalue weighted by atomic mass is 10.2. The van der Waals surface area contributed by atoms with Gasteiger partial charge in [0.2, 0.25) is 11.7 Å². The molecule has 0 atom stereocenters. The lowest BCUT2D eigenvalue weighted by molar-refractivity contribution is -0.387. The summed E-state index contributed by atoms with van der Waals surface area (Å²) in [5.41, 5.74) is 0.552. The van der Waals surface area contributed by atoms with Crippen molar-refractivity contribution in [2.45, 2.75) is 6.92 Å². The Morgan fingerprint density at radius 3 is 2.41 bits per heavy atom. The van der Waals surface area contributed by atoms with Crippen molar-refractivity contribution in [2.24, 2.45) is 0 Å². The van der Waals surface area contributed by atoms with Gasteiger partial charge >= 0.3 is 11.7 Å². The van der Waals surface area contributed by atoms with E-state index < -0.39 is 40.8 Å². The first-order valence-corrected chi connectivity index (χ1v) is 8.39. The number of amides is 2. The summed E-state index contributed by atoms with van der Waals surface area (Å²) in [6.07, 6.45) is 0. The fourth-order valence-corrected chi connectivity index (χ4v) is 2.24. The molecule has 0 spiro atoms. The van der Waals surface area contributed by atoms with E-state index in [1.54, 1.807) is 12.1 Å². The molecule has 0 aliphatic carbocycles. The summed E-state index contributed by atoms with van der Waals surface area (Å²) >= 11 is 0. The number of nitro benzene ring substituents is 1. The third-order valence-electron chi connectivity index (χ3n) is 3.85. The molecule has 9 nitrogen and oxygen atoms in total. The van der Waals surface area contributed by atoms with E-state index in [0.29, 0.717) is 11.8 Å². The summed E-state index contributed by atoms with van der Waals surface area (Å²) < 4.78 is 18.3. The van der Waals surface area contributed by atoms with Gasteiger partial charge in [0.1, 0.15) is 0 Å². The molecule has 0 heterocycles. The fraction of sp³-hybridized carbons (Fsp3) is 0.211. The van der Waals surface area contributed by atoms with Crippen molar-refractivity contribution in [2.75, 3.05) is 25.5 Å². The van der Waals surface area contributed by atoms with Crippen LogP contribution in [0.5, 0.6) is 0 Å². The monoisotopic (exact) mass is 403 g/mol. The molecule has 0 saturated carbocycles. The summed E-state index contributed by atoms with van der Waals surface area (Å²) in [7, 11) is 1.36. The average molecular weight is 403 g/mol. The highest BCUT2D eigenvalue weighted by Gasteiger charge is 2.19. The van der Waals surface area contributed by atoms with Crippen LogP contribution in [-0.2, 0) is 14.3 Å². The van der Waals surface area contributed by atoms with E-state index in [1.165, 1.54) is 7.05 Å². The standard InChI is InChI=1S/C19H18FN3O6/c1-12-3-6-14(7-4-12)21-17(24)10-22(2)18(25)11-29-19(26)13-5-8-16(23(27)28)15(20)9-13/h3-9H,10-11H2,1-2H3,(H,21,24). The van der Waals surface area contributed by atoms with Crippen LogP contribution in [0.25, 0.3) is 0 Å². The maximum Gasteiger partial charge on any atom is 0.338 e. The maximum absolute atomic E-state index is 13.6. The molecule has 0 unspecified atom stereocenters. The van der Waals surface area contributed by atoms with Crippen molar-refractivity contribution in [3.63, 3.8) is 0 Å². The molecule has 2 amide bonds. The van der Waals surface area contributed by atoms with Gasteiger partial charge in [0.05, 0.1) is 17.0 Å². The van der Waals surface area contributed by atoms with Gasteiger partial charge in [-0.3, -0.25) is 19.7 Å². The predicted octanol–water partition coefficient (Wildman–Crippen LogP) is 2.30. The molecule has 0 fully saturated rings. The van der Waals surface area contributed by atoms with Gasteiger partial charge in [-0.2, -0.15) is 4.39 Å². The zero-order valence-electron chi connectivity index (χ0n) is 15.7. The number of hydrogen-bond acceptors (Lipinski definition) is 6. The van der Waals surface area contributed by atoms with Crippen LogP contribution in [0.4, 0.5) is 15.8 Å². The van der Waals surface area contributed by atoms with Gasteiger partial charge in [-0.25, -0.2) is 4.79 Å². The van der Waals surface area contributed by atoms with Crippen molar-refractivity contribution < 1.29 is 28.4 Å². The number of nitrogens with zero attached hydrogens (tertiary/aromatic N) is 2. The Kier molecular flexibility index (Phi) is 6.96. The van der Waals surface area contributed by atoms with Crippen molar-refractivity contribution in [1.29, 1.82) is 0 Å². The number of likely N-dealkylation sites (N-methyl/N-ethyl adjacent to an activating group) is 1. The molecule has 0 aliphatic heterocycles. The van der Waals surface area contributed by atoms with Gasteiger partial charge in [-0.15, -0.1) is 0 Å². The van der Waals surface area contributed by atoms with Gasteiger partial charge in [0.25, 0.3) is 5.91 Å². The van der Waals surface area contributed by atoms with Crippen LogP contribution in [0.2, 0.25) is 0 Å². The first-order chi connectivity index (χ1) is 13.7. The Morgan fingerprint density at radius 2 is 1.83 bits per heavy atom. The van der Waals surface area contributed by atoms with Crippen LogP contribution in [0.15, 0.2) is 42.5 Å². The Labute approximate surface area is 165 Å². The van der Waals surface area contributed by atoms with Gasteiger partial charge in [0.15, 0.2) is 6.61 Å². The first-order valence-electron chi connectivity index (χ1n) is 8.39. The highest BCUT2D eigenvalue weighted by atomic mass is 19.1. The van der Waals surface area contributed by atoms with Crippen LogP contribution in [0.3, 0.4) is 0 Å². The highest BCUT2D eigenvalue weighted by Crippen LogP contribution is 2.18. The van der Waals surface area contributed by atoms with Gasteiger partial charge in [0, 0.05) is 18.8 Å². The van der Waals surface area contributed by atoms with Crippen LogP contribution < -0.4 is 5.32 Å². The lowest BCUT2D eigenvalue weighted by Crippen LogP contribution is -2.37. The minimum atomic E-state index is -1.19. The summed E-state index contributed by atoms with van der Waals surface area (Å²) in [5, 5.41) is 13.2. The largest absolute Gasteiger partial charge is 0.452 e. The fourth-order valence-electron chi connectivity index (χ4n) is 2.24. The number of carbonyl (C=O) groups is 3. The van der Waals surface area contributed by atoms with E-state index in [-0.39, 0.29) is 12.1 Å². The summed E-state index contributed by atoms with van der Waals surface area (Å²) in [4.78, 5) is 46.6. The van der Waals surface area contributed by atoms with Crippen LogP contribution >= 0.6 is 0 Å². The Morgan fingerprint density at radius 1 is 1.17 bits per heavy atom. The minimum Gasteiger partial charge on any atom is -0.452 e. The number of esters is 1. The first kappa shape index (κ1) is 21.5. The number of nitrogens with one attached hydrogen (secondary N) is 1. The second-order valence-corrected chi connectivity index (χ2v) is 6.16. The van der Waals surface area contributed by atoms with E-state index in [4.69, 9.17) is 4.74 Å². The smallest absolute Gasteiger partial charge is 0.338 e. The molecule has 0 bridgehead atoms. The number of anilines is 1. The third kappa shape index (κ3) is 6.09. The van der Waals surface area contributed by atoms with Crippen molar-refractivity contribution in [3.8, 4) is 0 Å². The minimum absolute atomic E-state index is 0.267. The van der Waals surface area contributed by atoms with E-state index in [2.05, 4.69) is 5.32 Å². The zero-order valence-corrected chi connectivity index (χ0v) is 15.7. The molecule has 2 rings (SSSR count). The number of hydrogen-bond donors (Lipinski definition) is 1. The predicted molar refractivity (Wildman–Crippen MR) is 101 cm³/mol. The Hall–Kier alpha value is -3.82. The molecule has 0 aliphatic rings. The number of carbonyl (C=O) groups excluding carboxylic acids is 3. The zero-order chi connectivity index (χ0) is 21.6. The third-order valence-corrected chi connectivity index (χ3v) is 3.85. The molecule has 2 aromatic carbocycles. The number of nitro groups is 1. The maximum atomic E-state index is 13.6. The molecular weight excluding hydrogens is 385 g/mol. The molecule has 0 saturated heterocycles. The SMILES string of the molecule is Cc1ccc(NC(=O)CN(C)C(=O)COC(=O)c2ccc([N+](=O)[O-])c(F)c2)cc1. The van der Waals surface area contributed by atoms with E-state index >= 15 is 0 Å². The van der Waals surface area contributed by atoms with Gasteiger partial charge in [-0.05, 0) is 31.2 Å². The van der Waals surface area contributed by atoms with Crippen LogP contribution in [0.1, 0.15) is 15.9 Å². The Bertz CT molecular complexity index is 945. The lowest BCUT2D eigenvalue weighted by Gasteiger charge is -2.17. The van der Waals surface area contributed by atoms with E-state index in [9.17, 15) is 28.9 Å². The number of rotatable bonds is 7. The molecule has 0 radical (unpaired) electrons. The second-order valence-electron chi connectivity index (χ2n) is 6.16. The summed E-state index contributed by atoms with van der Waals surface area (Å²) in [5.74, 6) is -3.31. The van der Waals surface area contributed by atoms with Crippen LogP contribution in [-0.4, -0.2) is 47.8 Å². The molecule has 10 heteroatoms. The highest BCUT2D eigenvalue weighted by molar-refractivity contribution is 5.95. The van der Waals surface area contributed by atoms with Crippen LogP contribution in [0, 0.1) is 22.9 Å². The van der Waals surface area contributed by atoms with E-state index in [0.717, 1.165) is 22.6 Å². The number of ether oxygens (including phenoxy) is 1. The Balaban J connectivity index is 1.85. The van der Waals surface area contributed by atoms with Gasteiger partial charge < -0.3 is 15.0 Å². The molecule has 1 N–H and O–H groups in total. The van der Waals surface area contributed by atoms with E-state index in [1.807, 2.05) is 19.1 Å².